The molecule has 3 N–H and O–H groups in total. The van der Waals surface area contributed by atoms with Gasteiger partial charge in [-0.05, 0) is 18.2 Å². The van der Waals surface area contributed by atoms with Crippen LogP contribution in [0.2, 0.25) is 0 Å². The lowest BCUT2D eigenvalue weighted by atomic mass is 10.2. The summed E-state index contributed by atoms with van der Waals surface area (Å²) in [5, 5.41) is 14.6. The maximum atomic E-state index is 11.2. The normalized spacial score (nSPS) is 9.38. The summed E-state index contributed by atoms with van der Waals surface area (Å²) in [6.45, 7) is 0. The van der Waals surface area contributed by atoms with Gasteiger partial charge in [-0.25, -0.2) is 0 Å². The van der Waals surface area contributed by atoms with E-state index in [4.69, 9.17) is 0 Å². The minimum absolute atomic E-state index is 0.134. The molecule has 4 nitrogen and oxygen atoms in total. The number of amides is 1. The second kappa shape index (κ2) is 3.80. The summed E-state index contributed by atoms with van der Waals surface area (Å²) in [5.74, 6) is -0.0355. The molecule has 0 radical (unpaired) electrons. The smallest absolute Gasteiger partial charge is 0.251 e. The maximum absolute atomic E-state index is 11.2. The number of aromatic hydroxyl groups is 1. The van der Waals surface area contributed by atoms with Crippen LogP contribution < -0.4 is 10.6 Å². The molecule has 0 atom stereocenters. The molecule has 0 aromatic heterocycles. The van der Waals surface area contributed by atoms with Crippen molar-refractivity contribution in [3.05, 3.63) is 23.8 Å². The predicted molar refractivity (Wildman–Crippen MR) is 51.0 cm³/mol. The molecule has 0 bridgehead atoms. The van der Waals surface area contributed by atoms with E-state index >= 15 is 0 Å². The molecule has 13 heavy (non-hydrogen) atoms. The molecule has 1 amide bonds. The van der Waals surface area contributed by atoms with Crippen molar-refractivity contribution in [3.8, 4) is 5.75 Å². The van der Waals surface area contributed by atoms with Gasteiger partial charge >= 0.3 is 0 Å². The summed E-state index contributed by atoms with van der Waals surface area (Å²) in [6.07, 6.45) is 0. The molecule has 0 aliphatic heterocycles. The van der Waals surface area contributed by atoms with Gasteiger partial charge in [-0.3, -0.25) is 4.79 Å². The van der Waals surface area contributed by atoms with Gasteiger partial charge in [0.1, 0.15) is 5.75 Å². The highest BCUT2D eigenvalue weighted by Crippen LogP contribution is 2.23. The number of nitrogens with one attached hydrogen (secondary N) is 2. The first-order valence-electron chi connectivity index (χ1n) is 3.92. The molecule has 70 valence electrons. The minimum Gasteiger partial charge on any atom is -0.506 e. The zero-order valence-electron chi connectivity index (χ0n) is 7.59. The molecule has 0 aliphatic rings. The number of benzene rings is 1. The number of hydrogen-bond donors (Lipinski definition) is 3. The quantitative estimate of drug-likeness (QED) is 0.590. The second-order valence-electron chi connectivity index (χ2n) is 2.56. The molecular formula is C9H12N2O2. The number of phenolic OH excluding ortho intramolecular Hbond substituents is 1. The molecule has 0 saturated heterocycles. The topological polar surface area (TPSA) is 61.4 Å². The number of carbonyl (C=O) groups excluding carboxylic acids is 1. The fourth-order valence-electron chi connectivity index (χ4n) is 1.02. The summed E-state index contributed by atoms with van der Waals surface area (Å²) in [7, 11) is 3.25. The van der Waals surface area contributed by atoms with Crippen molar-refractivity contribution in [1.82, 2.24) is 5.32 Å². The molecule has 0 aliphatic carbocycles. The Labute approximate surface area is 76.6 Å². The lowest BCUT2D eigenvalue weighted by Gasteiger charge is -2.05. The second-order valence-corrected chi connectivity index (χ2v) is 2.56. The average molecular weight is 180 g/mol. The van der Waals surface area contributed by atoms with Gasteiger partial charge in [-0.15, -0.1) is 0 Å². The molecule has 0 unspecified atom stereocenters. The zero-order chi connectivity index (χ0) is 9.84. The lowest BCUT2D eigenvalue weighted by molar-refractivity contribution is 0.0963. The highest BCUT2D eigenvalue weighted by Gasteiger charge is 2.05. The van der Waals surface area contributed by atoms with Gasteiger partial charge in [0.25, 0.3) is 5.91 Å². The third-order valence-corrected chi connectivity index (χ3v) is 1.76. The number of rotatable bonds is 2. The van der Waals surface area contributed by atoms with Crippen molar-refractivity contribution < 1.29 is 9.90 Å². The summed E-state index contributed by atoms with van der Waals surface area (Å²) in [6, 6.07) is 4.64. The van der Waals surface area contributed by atoms with E-state index in [1.807, 2.05) is 0 Å². The van der Waals surface area contributed by atoms with Crippen LogP contribution in [0.3, 0.4) is 0 Å². The van der Waals surface area contributed by atoms with Crippen LogP contribution in [0, 0.1) is 0 Å². The number of phenols is 1. The molecular weight excluding hydrogens is 168 g/mol. The Kier molecular flexibility index (Phi) is 2.74. The van der Waals surface area contributed by atoms with E-state index in [0.717, 1.165) is 0 Å². The highest BCUT2D eigenvalue weighted by molar-refractivity contribution is 5.95. The Morgan fingerprint density at radius 2 is 2.08 bits per heavy atom. The van der Waals surface area contributed by atoms with Crippen LogP contribution in [-0.4, -0.2) is 25.1 Å². The van der Waals surface area contributed by atoms with E-state index in [1.165, 1.54) is 6.07 Å². The first-order chi connectivity index (χ1) is 6.19. The van der Waals surface area contributed by atoms with Gasteiger partial charge in [0.15, 0.2) is 0 Å². The molecule has 0 spiro atoms. The minimum atomic E-state index is -0.170. The van der Waals surface area contributed by atoms with Crippen molar-refractivity contribution in [1.29, 1.82) is 0 Å². The van der Waals surface area contributed by atoms with Gasteiger partial charge in [-0.1, -0.05) is 0 Å². The third kappa shape index (κ3) is 1.90. The van der Waals surface area contributed by atoms with E-state index in [2.05, 4.69) is 10.6 Å². The molecule has 1 aromatic carbocycles. The van der Waals surface area contributed by atoms with Gasteiger partial charge in [-0.2, -0.15) is 0 Å². The van der Waals surface area contributed by atoms with Gasteiger partial charge < -0.3 is 15.7 Å². The Hall–Kier alpha value is -1.71. The molecule has 0 fully saturated rings. The Morgan fingerprint density at radius 3 is 2.62 bits per heavy atom. The maximum Gasteiger partial charge on any atom is 0.251 e. The van der Waals surface area contributed by atoms with Crippen LogP contribution in [0.4, 0.5) is 5.69 Å². The molecule has 1 rings (SSSR count). The van der Waals surface area contributed by atoms with Crippen LogP contribution in [-0.2, 0) is 0 Å². The number of carbonyl (C=O) groups is 1. The van der Waals surface area contributed by atoms with Crippen molar-refractivity contribution in [2.45, 2.75) is 0 Å². The van der Waals surface area contributed by atoms with Crippen LogP contribution >= 0.6 is 0 Å². The summed E-state index contributed by atoms with van der Waals surface area (Å²) < 4.78 is 0. The SMILES string of the molecule is CNC(=O)c1ccc(O)c(NC)c1. The molecule has 4 heteroatoms. The summed E-state index contributed by atoms with van der Waals surface area (Å²) in [4.78, 5) is 11.2. The third-order valence-electron chi connectivity index (χ3n) is 1.76. The van der Waals surface area contributed by atoms with Crippen LogP contribution in [0.5, 0.6) is 5.75 Å². The Bertz CT molecular complexity index is 323. The summed E-state index contributed by atoms with van der Waals surface area (Å²) in [5.41, 5.74) is 1.06. The number of anilines is 1. The first kappa shape index (κ1) is 9.38. The van der Waals surface area contributed by atoms with Crippen LogP contribution in [0.1, 0.15) is 10.4 Å². The van der Waals surface area contributed by atoms with Crippen molar-refractivity contribution in [3.63, 3.8) is 0 Å². The predicted octanol–water partition coefficient (Wildman–Crippen LogP) is 0.793. The van der Waals surface area contributed by atoms with E-state index in [-0.39, 0.29) is 11.7 Å². The van der Waals surface area contributed by atoms with Gasteiger partial charge in [0.2, 0.25) is 0 Å². The highest BCUT2D eigenvalue weighted by atomic mass is 16.3. The van der Waals surface area contributed by atoms with E-state index in [9.17, 15) is 9.90 Å². The van der Waals surface area contributed by atoms with Crippen molar-refractivity contribution in [2.75, 3.05) is 19.4 Å². The van der Waals surface area contributed by atoms with Crippen LogP contribution in [0.15, 0.2) is 18.2 Å². The largest absolute Gasteiger partial charge is 0.506 e. The Balaban J connectivity index is 3.06. The fourth-order valence-corrected chi connectivity index (χ4v) is 1.02. The Morgan fingerprint density at radius 1 is 1.38 bits per heavy atom. The van der Waals surface area contributed by atoms with Crippen LogP contribution in [0.25, 0.3) is 0 Å². The molecule has 0 heterocycles. The van der Waals surface area contributed by atoms with E-state index < -0.39 is 0 Å². The lowest BCUT2D eigenvalue weighted by Crippen LogP contribution is -2.17. The molecule has 0 saturated carbocycles. The van der Waals surface area contributed by atoms with Crippen molar-refractivity contribution >= 4 is 11.6 Å². The van der Waals surface area contributed by atoms with Crippen molar-refractivity contribution in [2.24, 2.45) is 0 Å². The fraction of sp³-hybridized carbons (Fsp3) is 0.222. The number of hydrogen-bond acceptors (Lipinski definition) is 3. The van der Waals surface area contributed by atoms with E-state index in [1.54, 1.807) is 26.2 Å². The van der Waals surface area contributed by atoms with Gasteiger partial charge in [0.05, 0.1) is 5.69 Å². The standard InChI is InChI=1S/C9H12N2O2/c1-10-7-5-6(9(13)11-2)3-4-8(7)12/h3-5,10,12H,1-2H3,(H,11,13). The van der Waals surface area contributed by atoms with Gasteiger partial charge in [0, 0.05) is 19.7 Å². The zero-order valence-corrected chi connectivity index (χ0v) is 7.59. The van der Waals surface area contributed by atoms with E-state index in [0.29, 0.717) is 11.3 Å². The first-order valence-corrected chi connectivity index (χ1v) is 3.92. The molecule has 1 aromatic rings. The monoisotopic (exact) mass is 180 g/mol. The average Bonchev–Trinajstić information content (AvgIpc) is 2.17. The summed E-state index contributed by atoms with van der Waals surface area (Å²) >= 11 is 0.